The van der Waals surface area contributed by atoms with E-state index in [1.54, 1.807) is 18.5 Å². The van der Waals surface area contributed by atoms with E-state index in [1.165, 1.54) is 32.1 Å². The minimum absolute atomic E-state index is 0.0301. The average molecular weight is 407 g/mol. The van der Waals surface area contributed by atoms with E-state index in [1.807, 2.05) is 29.0 Å². The first kappa shape index (κ1) is 17.5. The number of hydrogen-bond acceptors (Lipinski definition) is 3. The van der Waals surface area contributed by atoms with Crippen LogP contribution in [0.5, 0.6) is 0 Å². The molecule has 2 heterocycles. The van der Waals surface area contributed by atoms with Gasteiger partial charge in [0.15, 0.2) is 0 Å². The summed E-state index contributed by atoms with van der Waals surface area (Å²) >= 11 is 6.54. The predicted molar refractivity (Wildman–Crippen MR) is 112 cm³/mol. The normalized spacial score (nSPS) is 30.0. The van der Waals surface area contributed by atoms with Crippen LogP contribution in [0.2, 0.25) is 5.02 Å². The van der Waals surface area contributed by atoms with E-state index in [-0.39, 0.29) is 5.91 Å². The van der Waals surface area contributed by atoms with Crippen molar-refractivity contribution in [3.05, 3.63) is 53.4 Å². The summed E-state index contributed by atoms with van der Waals surface area (Å²) < 4.78 is 1.85. The number of hydrogen-bond donors (Lipinski definition) is 1. The van der Waals surface area contributed by atoms with Gasteiger partial charge in [-0.3, -0.25) is 9.36 Å². The van der Waals surface area contributed by atoms with Crippen LogP contribution in [0.3, 0.4) is 0 Å². The highest BCUT2D eigenvalue weighted by atomic mass is 35.5. The van der Waals surface area contributed by atoms with E-state index in [0.717, 1.165) is 22.7 Å². The lowest BCUT2D eigenvalue weighted by molar-refractivity contribution is 0.0834. The zero-order chi connectivity index (χ0) is 19.5. The van der Waals surface area contributed by atoms with Gasteiger partial charge >= 0.3 is 0 Å². The van der Waals surface area contributed by atoms with E-state index in [9.17, 15) is 4.79 Å². The molecule has 5 atom stereocenters. The Morgan fingerprint density at radius 1 is 1.07 bits per heavy atom. The summed E-state index contributed by atoms with van der Waals surface area (Å²) in [5.74, 6) is 3.47. The molecule has 3 aliphatic rings. The fourth-order valence-electron chi connectivity index (χ4n) is 6.31. The molecule has 148 valence electrons. The van der Waals surface area contributed by atoms with Gasteiger partial charge in [0.2, 0.25) is 5.95 Å². The highest BCUT2D eigenvalue weighted by Gasteiger charge is 2.51. The summed E-state index contributed by atoms with van der Waals surface area (Å²) in [6, 6.07) is 7.77. The molecule has 1 amide bonds. The lowest BCUT2D eigenvalue weighted by Crippen LogP contribution is -2.47. The van der Waals surface area contributed by atoms with E-state index in [0.29, 0.717) is 34.4 Å². The third-order valence-corrected chi connectivity index (χ3v) is 7.77. The van der Waals surface area contributed by atoms with Crippen molar-refractivity contribution in [1.29, 1.82) is 0 Å². The van der Waals surface area contributed by atoms with Crippen molar-refractivity contribution in [3.8, 4) is 5.95 Å². The second-order valence-electron chi connectivity index (χ2n) is 8.93. The summed E-state index contributed by atoms with van der Waals surface area (Å²) in [7, 11) is 0. The molecule has 5 nitrogen and oxygen atoms in total. The molecule has 3 aromatic rings. The van der Waals surface area contributed by atoms with Crippen LogP contribution in [0.1, 0.15) is 42.5 Å². The van der Waals surface area contributed by atoms with Gasteiger partial charge in [0.25, 0.3) is 5.91 Å². The third kappa shape index (κ3) is 2.71. The van der Waals surface area contributed by atoms with Crippen molar-refractivity contribution in [2.75, 3.05) is 0 Å². The maximum Gasteiger partial charge on any atom is 0.253 e. The van der Waals surface area contributed by atoms with Crippen LogP contribution in [0.15, 0.2) is 42.9 Å². The lowest BCUT2D eigenvalue weighted by Gasteiger charge is -2.40. The molecule has 1 aromatic carbocycles. The number of aromatic nitrogens is 3. The van der Waals surface area contributed by atoms with Gasteiger partial charge in [-0.25, -0.2) is 9.97 Å². The number of carbonyl (C=O) groups excluding carboxylic acids is 1. The van der Waals surface area contributed by atoms with Gasteiger partial charge in [-0.15, -0.1) is 0 Å². The van der Waals surface area contributed by atoms with Gasteiger partial charge in [-0.2, -0.15) is 0 Å². The van der Waals surface area contributed by atoms with E-state index in [4.69, 9.17) is 11.6 Å². The Hall–Kier alpha value is -2.40. The Labute approximate surface area is 174 Å². The van der Waals surface area contributed by atoms with Gasteiger partial charge in [-0.1, -0.05) is 24.1 Å². The predicted octanol–water partition coefficient (Wildman–Crippen LogP) is 4.63. The highest BCUT2D eigenvalue weighted by Crippen LogP contribution is 2.55. The number of nitrogens with zero attached hydrogens (tertiary/aromatic N) is 3. The van der Waals surface area contributed by atoms with Gasteiger partial charge in [0.05, 0.1) is 16.1 Å². The number of amides is 1. The third-order valence-electron chi connectivity index (χ3n) is 7.46. The second kappa shape index (κ2) is 6.56. The summed E-state index contributed by atoms with van der Waals surface area (Å²) in [5.41, 5.74) is 1.45. The topological polar surface area (TPSA) is 59.8 Å². The first-order valence-corrected chi connectivity index (χ1v) is 10.9. The molecule has 0 radical (unpaired) electrons. The minimum Gasteiger partial charge on any atom is -0.349 e. The van der Waals surface area contributed by atoms with Crippen LogP contribution >= 0.6 is 11.6 Å². The monoisotopic (exact) mass is 406 g/mol. The molecule has 3 saturated carbocycles. The summed E-state index contributed by atoms with van der Waals surface area (Å²) in [6.45, 7) is 0. The molecule has 0 spiro atoms. The molecule has 0 saturated heterocycles. The minimum atomic E-state index is -0.0301. The number of carbonyl (C=O) groups is 1. The Balaban J connectivity index is 1.38. The van der Waals surface area contributed by atoms with Crippen molar-refractivity contribution in [2.24, 2.45) is 23.7 Å². The first-order valence-electron chi connectivity index (χ1n) is 10.6. The van der Waals surface area contributed by atoms with Crippen LogP contribution in [0.4, 0.5) is 0 Å². The molecule has 29 heavy (non-hydrogen) atoms. The molecule has 6 heteroatoms. The van der Waals surface area contributed by atoms with Crippen molar-refractivity contribution in [3.63, 3.8) is 0 Å². The molecular weight excluding hydrogens is 384 g/mol. The summed E-state index contributed by atoms with van der Waals surface area (Å²) in [6.07, 6.45) is 11.8. The molecule has 6 rings (SSSR count). The van der Waals surface area contributed by atoms with E-state index < -0.39 is 0 Å². The second-order valence-corrected chi connectivity index (χ2v) is 9.34. The molecule has 3 bridgehead atoms. The van der Waals surface area contributed by atoms with Gasteiger partial charge in [0.1, 0.15) is 0 Å². The lowest BCUT2D eigenvalue weighted by atomic mass is 9.70. The maximum absolute atomic E-state index is 13.4. The van der Waals surface area contributed by atoms with Gasteiger partial charge in [-0.05, 0) is 67.6 Å². The number of benzene rings is 1. The average Bonchev–Trinajstić information content (AvgIpc) is 3.14. The smallest absolute Gasteiger partial charge is 0.253 e. The van der Waals surface area contributed by atoms with Crippen molar-refractivity contribution < 1.29 is 4.79 Å². The fraction of sp³-hybridized carbons (Fsp3) is 0.435. The van der Waals surface area contributed by atoms with Gasteiger partial charge in [0, 0.05) is 30.0 Å². The standard InChI is InChI=1S/C23H23ClN4O/c24-18-3-1-4-19-20(18)17(12-28(19)23-25-7-2-8-26-23)22(29)27-21-15-9-13-5-6-14(11-15)16(21)10-13/h1-4,7-8,12-16,21H,5-6,9-11H2,(H,27,29). The number of fused-ring (bicyclic) bond motifs is 3. The zero-order valence-corrected chi connectivity index (χ0v) is 16.8. The van der Waals surface area contributed by atoms with Crippen LogP contribution in [-0.2, 0) is 0 Å². The van der Waals surface area contributed by atoms with Crippen LogP contribution in [-0.4, -0.2) is 26.5 Å². The zero-order valence-electron chi connectivity index (χ0n) is 16.1. The Morgan fingerprint density at radius 3 is 2.79 bits per heavy atom. The summed E-state index contributed by atoms with van der Waals surface area (Å²) in [4.78, 5) is 22.1. The highest BCUT2D eigenvalue weighted by molar-refractivity contribution is 6.37. The van der Waals surface area contributed by atoms with Crippen molar-refractivity contribution >= 4 is 28.4 Å². The first-order chi connectivity index (χ1) is 14.2. The molecular formula is C23H23ClN4O. The molecule has 2 aromatic heterocycles. The van der Waals surface area contributed by atoms with Crippen LogP contribution < -0.4 is 5.32 Å². The molecule has 1 N–H and O–H groups in total. The quantitative estimate of drug-likeness (QED) is 0.689. The van der Waals surface area contributed by atoms with Crippen molar-refractivity contribution in [2.45, 2.75) is 38.1 Å². The Kier molecular flexibility index (Phi) is 3.95. The molecule has 5 unspecified atom stereocenters. The SMILES string of the molecule is O=C(NC1C2CC3CCC(C2)C1C3)c1cn(-c2ncccn2)c2cccc(Cl)c12. The van der Waals surface area contributed by atoms with Crippen molar-refractivity contribution in [1.82, 2.24) is 19.9 Å². The number of halogens is 1. The maximum atomic E-state index is 13.4. The number of rotatable bonds is 3. The largest absolute Gasteiger partial charge is 0.349 e. The fourth-order valence-corrected chi connectivity index (χ4v) is 6.58. The molecule has 3 aliphatic carbocycles. The van der Waals surface area contributed by atoms with Crippen LogP contribution in [0, 0.1) is 23.7 Å². The molecule has 0 aliphatic heterocycles. The van der Waals surface area contributed by atoms with E-state index in [2.05, 4.69) is 15.3 Å². The summed E-state index contributed by atoms with van der Waals surface area (Å²) in [5, 5.41) is 4.76. The molecule has 3 fully saturated rings. The van der Waals surface area contributed by atoms with Gasteiger partial charge < -0.3 is 5.32 Å². The Morgan fingerprint density at radius 2 is 1.93 bits per heavy atom. The van der Waals surface area contributed by atoms with E-state index >= 15 is 0 Å². The Bertz CT molecular complexity index is 1090. The number of nitrogens with one attached hydrogen (secondary N) is 1. The van der Waals surface area contributed by atoms with Crippen LogP contribution in [0.25, 0.3) is 16.9 Å².